The molecule has 3 heteroatoms. The molecular formula is C41H64N2Y-2. The van der Waals surface area contributed by atoms with Crippen molar-refractivity contribution in [1.29, 1.82) is 0 Å². The average molecular weight is 674 g/mol. The molecule has 0 unspecified atom stereocenters. The number of rotatable bonds is 4. The van der Waals surface area contributed by atoms with Gasteiger partial charge in [0, 0.05) is 39.4 Å². The smallest absolute Gasteiger partial charge is 0.0497 e. The van der Waals surface area contributed by atoms with Crippen LogP contribution >= 0.6 is 0 Å². The first kappa shape index (κ1) is 48.8. The molecule has 0 saturated heterocycles. The van der Waals surface area contributed by atoms with E-state index in [1.807, 2.05) is 118 Å². The maximum absolute atomic E-state index is 3.15. The van der Waals surface area contributed by atoms with Gasteiger partial charge in [0.1, 0.15) is 0 Å². The molecule has 0 aliphatic heterocycles. The van der Waals surface area contributed by atoms with Crippen LogP contribution in [0.4, 0.5) is 0 Å². The van der Waals surface area contributed by atoms with Crippen molar-refractivity contribution in [3.63, 3.8) is 0 Å². The summed E-state index contributed by atoms with van der Waals surface area (Å²) in [5.74, 6) is 0. The van der Waals surface area contributed by atoms with Crippen LogP contribution in [0.15, 0.2) is 97.1 Å². The van der Waals surface area contributed by atoms with E-state index < -0.39 is 0 Å². The number of nitrogens with zero attached hydrogens (tertiary/aromatic N) is 2. The van der Waals surface area contributed by atoms with Gasteiger partial charge in [-0.05, 0) is 56.4 Å². The molecule has 44 heavy (non-hydrogen) atoms. The van der Waals surface area contributed by atoms with E-state index in [1.54, 1.807) is 0 Å². The van der Waals surface area contributed by atoms with Crippen molar-refractivity contribution in [3.8, 4) is 22.3 Å². The Morgan fingerprint density at radius 2 is 0.864 bits per heavy atom. The Kier molecular flexibility index (Phi) is 39.2. The summed E-state index contributed by atoms with van der Waals surface area (Å²) in [5.41, 5.74) is 7.94. The standard InChI is InChI=1S/C13H10.C12H8.C6H16N2.5C2H6.Y/c1-3-7-12-10(5-1)9-11-6-2-4-8-13(11)12;1-3-7-11(8-4-1)12-9-5-2-6-10-12;1-5-8(4)6-7(2)3;5*1-2;/h1-8H,9H2;1-7,9H;5-6H2,1-4H3;5*1-2H3;/q;-2;;;;;;;. The van der Waals surface area contributed by atoms with Crippen LogP contribution in [-0.2, 0) is 39.1 Å². The van der Waals surface area contributed by atoms with E-state index >= 15 is 0 Å². The van der Waals surface area contributed by atoms with Gasteiger partial charge in [0.15, 0.2) is 0 Å². The van der Waals surface area contributed by atoms with Crippen LogP contribution in [0, 0.1) is 12.1 Å². The minimum Gasteiger partial charge on any atom is -0.297 e. The molecule has 0 amide bonds. The SMILES string of the molecule is CC.CC.CC.CC.CC.CCN(C)CN(C)C.[Y].[c-]1ccccc1-c1[c-]cccc1.c1ccc2c(c1)Cc1ccccc1-2. The van der Waals surface area contributed by atoms with E-state index in [0.29, 0.717) is 0 Å². The normalized spacial score (nSPS) is 9.00. The second-order valence-corrected chi connectivity index (χ2v) is 8.44. The minimum atomic E-state index is 0. The van der Waals surface area contributed by atoms with E-state index in [0.717, 1.165) is 30.8 Å². The maximum atomic E-state index is 3.15. The monoisotopic (exact) mass is 673 g/mol. The van der Waals surface area contributed by atoms with Crippen molar-refractivity contribution >= 4 is 0 Å². The molecule has 1 radical (unpaired) electrons. The van der Waals surface area contributed by atoms with Gasteiger partial charge in [0.2, 0.25) is 0 Å². The number of hydrogen-bond donors (Lipinski definition) is 0. The van der Waals surface area contributed by atoms with Crippen molar-refractivity contribution in [2.24, 2.45) is 0 Å². The van der Waals surface area contributed by atoms with Gasteiger partial charge in [-0.1, -0.05) is 125 Å². The minimum absolute atomic E-state index is 0. The second-order valence-electron chi connectivity index (χ2n) is 8.44. The Bertz CT molecular complexity index is 1010. The third kappa shape index (κ3) is 20.8. The molecule has 243 valence electrons. The molecule has 0 saturated carbocycles. The van der Waals surface area contributed by atoms with Crippen LogP contribution in [0.5, 0.6) is 0 Å². The molecule has 4 aromatic carbocycles. The summed E-state index contributed by atoms with van der Waals surface area (Å²) >= 11 is 0. The molecule has 0 aromatic heterocycles. The Balaban J connectivity index is -0.000000241. The van der Waals surface area contributed by atoms with Gasteiger partial charge in [-0.25, -0.2) is 11.1 Å². The molecule has 4 aromatic rings. The van der Waals surface area contributed by atoms with Crippen molar-refractivity contribution in [3.05, 3.63) is 120 Å². The second kappa shape index (κ2) is 35.4. The van der Waals surface area contributed by atoms with E-state index in [2.05, 4.69) is 98.5 Å². The van der Waals surface area contributed by atoms with Gasteiger partial charge in [-0.2, -0.15) is 48.5 Å². The Labute approximate surface area is 300 Å². The summed E-state index contributed by atoms with van der Waals surface area (Å²) in [6, 6.07) is 39.5. The van der Waals surface area contributed by atoms with Crippen molar-refractivity contribution in [2.45, 2.75) is 82.6 Å². The number of hydrogen-bond acceptors (Lipinski definition) is 2. The molecule has 0 bridgehead atoms. The van der Waals surface area contributed by atoms with Gasteiger partial charge in [-0.15, -0.1) is 12.1 Å². The molecule has 5 rings (SSSR count). The van der Waals surface area contributed by atoms with Crippen LogP contribution in [-0.4, -0.2) is 44.2 Å². The Morgan fingerprint density at radius 1 is 0.523 bits per heavy atom. The van der Waals surface area contributed by atoms with Gasteiger partial charge >= 0.3 is 0 Å². The van der Waals surface area contributed by atoms with Crippen molar-refractivity contribution < 1.29 is 32.7 Å². The fourth-order valence-corrected chi connectivity index (χ4v) is 3.78. The summed E-state index contributed by atoms with van der Waals surface area (Å²) in [7, 11) is 6.26. The molecule has 0 N–H and O–H groups in total. The Morgan fingerprint density at radius 3 is 1.14 bits per heavy atom. The van der Waals surface area contributed by atoms with Gasteiger partial charge in [0.05, 0.1) is 0 Å². The van der Waals surface area contributed by atoms with Gasteiger partial charge in [-0.3, -0.25) is 9.80 Å². The summed E-state index contributed by atoms with van der Waals surface area (Å²) in [4.78, 5) is 4.41. The zero-order valence-electron chi connectivity index (χ0n) is 30.8. The predicted octanol–water partition coefficient (Wildman–Crippen LogP) is 11.8. The first-order chi connectivity index (χ1) is 21.1. The summed E-state index contributed by atoms with van der Waals surface area (Å²) in [5, 5.41) is 0. The fraction of sp³-hybridized carbons (Fsp3) is 0.415. The maximum Gasteiger partial charge on any atom is 0.0497 e. The van der Waals surface area contributed by atoms with Crippen LogP contribution in [0.3, 0.4) is 0 Å². The molecule has 1 aliphatic carbocycles. The molecule has 0 fully saturated rings. The molecule has 0 atom stereocenters. The zero-order valence-corrected chi connectivity index (χ0v) is 33.7. The van der Waals surface area contributed by atoms with E-state index in [9.17, 15) is 0 Å². The zero-order chi connectivity index (χ0) is 33.5. The van der Waals surface area contributed by atoms with Crippen molar-refractivity contribution in [1.82, 2.24) is 9.80 Å². The molecule has 0 heterocycles. The first-order valence-corrected chi connectivity index (χ1v) is 16.5. The molecule has 0 spiro atoms. The van der Waals surface area contributed by atoms with Crippen LogP contribution in [0.1, 0.15) is 87.3 Å². The van der Waals surface area contributed by atoms with Crippen LogP contribution in [0.2, 0.25) is 0 Å². The number of fused-ring (bicyclic) bond motifs is 3. The van der Waals surface area contributed by atoms with Crippen LogP contribution < -0.4 is 0 Å². The van der Waals surface area contributed by atoms with Crippen molar-refractivity contribution in [2.75, 3.05) is 34.4 Å². The third-order valence-electron chi connectivity index (χ3n) is 5.48. The van der Waals surface area contributed by atoms with Crippen LogP contribution in [0.25, 0.3) is 22.3 Å². The van der Waals surface area contributed by atoms with Gasteiger partial charge < -0.3 is 0 Å². The average Bonchev–Trinajstić information content (AvgIpc) is 3.49. The van der Waals surface area contributed by atoms with Gasteiger partial charge in [0.25, 0.3) is 0 Å². The Hall–Kier alpha value is -2.10. The summed E-state index contributed by atoms with van der Waals surface area (Å²) in [6.45, 7) is 24.3. The predicted molar refractivity (Wildman–Crippen MR) is 198 cm³/mol. The largest absolute Gasteiger partial charge is 0.297 e. The third-order valence-corrected chi connectivity index (χ3v) is 5.48. The van der Waals surface area contributed by atoms with E-state index in [1.165, 1.54) is 22.3 Å². The summed E-state index contributed by atoms with van der Waals surface area (Å²) < 4.78 is 0. The quantitative estimate of drug-likeness (QED) is 0.138. The topological polar surface area (TPSA) is 6.48 Å². The first-order valence-electron chi connectivity index (χ1n) is 16.5. The fourth-order valence-electron chi connectivity index (χ4n) is 3.78. The van der Waals surface area contributed by atoms with E-state index in [-0.39, 0.29) is 32.7 Å². The summed E-state index contributed by atoms with van der Waals surface area (Å²) in [6.07, 6.45) is 1.10. The molecular weight excluding hydrogens is 609 g/mol. The number of benzene rings is 4. The van der Waals surface area contributed by atoms with E-state index in [4.69, 9.17) is 0 Å². The molecule has 2 nitrogen and oxygen atoms in total. The molecule has 1 aliphatic rings.